The molecule has 1 aromatic rings. The number of anilines is 1. The van der Waals surface area contributed by atoms with E-state index in [2.05, 4.69) is 11.8 Å². The normalized spacial score (nSPS) is 11.6. The molecule has 0 amide bonds. The van der Waals surface area contributed by atoms with Crippen molar-refractivity contribution in [3.8, 4) is 0 Å². The van der Waals surface area contributed by atoms with Gasteiger partial charge in [-0.3, -0.25) is 0 Å². The first-order chi connectivity index (χ1) is 7.42. The molecule has 0 radical (unpaired) electrons. The largest absolute Gasteiger partial charge is 0.372 e. The topological polar surface area (TPSA) is 29.3 Å². The van der Waals surface area contributed by atoms with Gasteiger partial charge in [0.15, 0.2) is 0 Å². The summed E-state index contributed by atoms with van der Waals surface area (Å²) in [6, 6.07) is 6.69. The van der Waals surface area contributed by atoms with E-state index < -0.39 is 0 Å². The highest BCUT2D eigenvalue weighted by Gasteiger charge is 2.13. The Kier molecular flexibility index (Phi) is 4.30. The van der Waals surface area contributed by atoms with Gasteiger partial charge >= 0.3 is 0 Å². The molecular formula is C13H21FN2. The number of halogens is 1. The fourth-order valence-corrected chi connectivity index (χ4v) is 1.57. The Balaban J connectivity index is 2.68. The van der Waals surface area contributed by atoms with Gasteiger partial charge in [0, 0.05) is 24.3 Å². The molecule has 0 atom stereocenters. The Labute approximate surface area is 97.3 Å². The number of hydrogen-bond acceptors (Lipinski definition) is 2. The second kappa shape index (κ2) is 5.30. The molecule has 0 spiro atoms. The van der Waals surface area contributed by atoms with E-state index in [1.54, 1.807) is 12.1 Å². The van der Waals surface area contributed by atoms with Gasteiger partial charge in [0.2, 0.25) is 0 Å². The van der Waals surface area contributed by atoms with E-state index in [4.69, 9.17) is 5.73 Å². The summed E-state index contributed by atoms with van der Waals surface area (Å²) in [5.74, 6) is -0.192. The molecule has 3 heteroatoms. The summed E-state index contributed by atoms with van der Waals surface area (Å²) < 4.78 is 13.1. The monoisotopic (exact) mass is 224 g/mol. The third-order valence-corrected chi connectivity index (χ3v) is 2.58. The van der Waals surface area contributed by atoms with Crippen LogP contribution in [0.3, 0.4) is 0 Å². The van der Waals surface area contributed by atoms with Gasteiger partial charge in [0.25, 0.3) is 0 Å². The van der Waals surface area contributed by atoms with Crippen LogP contribution in [0.2, 0.25) is 0 Å². The number of benzene rings is 1. The summed E-state index contributed by atoms with van der Waals surface area (Å²) in [6.45, 7) is 7.79. The molecule has 0 fully saturated rings. The van der Waals surface area contributed by atoms with Crippen molar-refractivity contribution in [3.05, 3.63) is 30.1 Å². The third-order valence-electron chi connectivity index (χ3n) is 2.58. The predicted molar refractivity (Wildman–Crippen MR) is 67.2 cm³/mol. The van der Waals surface area contributed by atoms with Gasteiger partial charge in [0.05, 0.1) is 0 Å². The standard InChI is InChI=1S/C13H21FN2/c1-4-16(9-8-13(2,3)15)12-7-5-6-11(14)10-12/h5-7,10H,4,8-9,15H2,1-3H3. The van der Waals surface area contributed by atoms with Crippen LogP contribution in [0.5, 0.6) is 0 Å². The average molecular weight is 224 g/mol. The minimum absolute atomic E-state index is 0.180. The molecule has 0 saturated carbocycles. The first kappa shape index (κ1) is 13.0. The van der Waals surface area contributed by atoms with Gasteiger partial charge in [-0.25, -0.2) is 4.39 Å². The van der Waals surface area contributed by atoms with E-state index in [0.717, 1.165) is 25.2 Å². The minimum atomic E-state index is -0.192. The molecule has 2 nitrogen and oxygen atoms in total. The number of nitrogens with two attached hydrogens (primary N) is 1. The fraction of sp³-hybridized carbons (Fsp3) is 0.538. The Morgan fingerprint density at radius 1 is 1.38 bits per heavy atom. The van der Waals surface area contributed by atoms with Gasteiger partial charge in [-0.1, -0.05) is 6.07 Å². The maximum atomic E-state index is 13.1. The van der Waals surface area contributed by atoms with E-state index in [-0.39, 0.29) is 11.4 Å². The van der Waals surface area contributed by atoms with Crippen LogP contribution in [0.15, 0.2) is 24.3 Å². The SMILES string of the molecule is CCN(CCC(C)(C)N)c1cccc(F)c1. The molecule has 0 saturated heterocycles. The molecule has 0 heterocycles. The lowest BCUT2D eigenvalue weighted by molar-refractivity contribution is 0.475. The van der Waals surface area contributed by atoms with Crippen molar-refractivity contribution >= 4 is 5.69 Å². The summed E-state index contributed by atoms with van der Waals surface area (Å²) in [4.78, 5) is 2.14. The molecule has 0 aromatic heterocycles. The maximum absolute atomic E-state index is 13.1. The molecule has 0 unspecified atom stereocenters. The summed E-state index contributed by atoms with van der Waals surface area (Å²) in [7, 11) is 0. The number of hydrogen-bond donors (Lipinski definition) is 1. The van der Waals surface area contributed by atoms with Crippen molar-refractivity contribution in [2.45, 2.75) is 32.7 Å². The van der Waals surface area contributed by atoms with Crippen LogP contribution in [0.4, 0.5) is 10.1 Å². The Morgan fingerprint density at radius 3 is 2.56 bits per heavy atom. The van der Waals surface area contributed by atoms with Gasteiger partial charge in [-0.15, -0.1) is 0 Å². The Morgan fingerprint density at radius 2 is 2.06 bits per heavy atom. The Hall–Kier alpha value is -1.09. The highest BCUT2D eigenvalue weighted by molar-refractivity contribution is 5.46. The molecule has 1 rings (SSSR count). The quantitative estimate of drug-likeness (QED) is 0.833. The van der Waals surface area contributed by atoms with Gasteiger partial charge < -0.3 is 10.6 Å². The van der Waals surface area contributed by atoms with Crippen molar-refractivity contribution in [2.24, 2.45) is 5.73 Å². The summed E-state index contributed by atoms with van der Waals surface area (Å²) in [5.41, 5.74) is 6.69. The molecule has 0 aliphatic rings. The van der Waals surface area contributed by atoms with Crippen molar-refractivity contribution in [3.63, 3.8) is 0 Å². The van der Waals surface area contributed by atoms with Gasteiger partial charge in [-0.2, -0.15) is 0 Å². The first-order valence-electron chi connectivity index (χ1n) is 5.72. The lowest BCUT2D eigenvalue weighted by Crippen LogP contribution is -2.37. The van der Waals surface area contributed by atoms with Crippen molar-refractivity contribution in [1.82, 2.24) is 0 Å². The van der Waals surface area contributed by atoms with Crippen LogP contribution in [-0.2, 0) is 0 Å². The minimum Gasteiger partial charge on any atom is -0.372 e. The van der Waals surface area contributed by atoms with E-state index in [0.29, 0.717) is 0 Å². The van der Waals surface area contributed by atoms with Crippen LogP contribution in [-0.4, -0.2) is 18.6 Å². The van der Waals surface area contributed by atoms with E-state index in [1.165, 1.54) is 6.07 Å². The number of nitrogens with zero attached hydrogens (tertiary/aromatic N) is 1. The van der Waals surface area contributed by atoms with E-state index in [1.807, 2.05) is 19.9 Å². The molecule has 0 aliphatic heterocycles. The third kappa shape index (κ3) is 4.19. The smallest absolute Gasteiger partial charge is 0.125 e. The molecule has 0 bridgehead atoms. The average Bonchev–Trinajstić information content (AvgIpc) is 2.17. The highest BCUT2D eigenvalue weighted by atomic mass is 19.1. The molecular weight excluding hydrogens is 203 g/mol. The van der Waals surface area contributed by atoms with Crippen LogP contribution in [0.25, 0.3) is 0 Å². The zero-order valence-electron chi connectivity index (χ0n) is 10.3. The van der Waals surface area contributed by atoms with Gasteiger partial charge in [-0.05, 0) is 45.4 Å². The van der Waals surface area contributed by atoms with Crippen LogP contribution in [0, 0.1) is 5.82 Å². The van der Waals surface area contributed by atoms with Crippen molar-refractivity contribution in [2.75, 3.05) is 18.0 Å². The second-order valence-electron chi connectivity index (χ2n) is 4.80. The summed E-state index contributed by atoms with van der Waals surface area (Å²) in [5, 5.41) is 0. The molecule has 0 aliphatic carbocycles. The highest BCUT2D eigenvalue weighted by Crippen LogP contribution is 2.17. The summed E-state index contributed by atoms with van der Waals surface area (Å²) in [6.07, 6.45) is 0.886. The maximum Gasteiger partial charge on any atom is 0.125 e. The number of rotatable bonds is 5. The zero-order chi connectivity index (χ0) is 12.2. The zero-order valence-corrected chi connectivity index (χ0v) is 10.3. The molecule has 2 N–H and O–H groups in total. The van der Waals surface area contributed by atoms with E-state index >= 15 is 0 Å². The molecule has 90 valence electrons. The van der Waals surface area contributed by atoms with Gasteiger partial charge in [0.1, 0.15) is 5.82 Å². The molecule has 1 aromatic carbocycles. The molecule has 16 heavy (non-hydrogen) atoms. The lowest BCUT2D eigenvalue weighted by atomic mass is 10.0. The fourth-order valence-electron chi connectivity index (χ4n) is 1.57. The summed E-state index contributed by atoms with van der Waals surface area (Å²) >= 11 is 0. The van der Waals surface area contributed by atoms with Crippen molar-refractivity contribution in [1.29, 1.82) is 0 Å². The van der Waals surface area contributed by atoms with E-state index in [9.17, 15) is 4.39 Å². The second-order valence-corrected chi connectivity index (χ2v) is 4.80. The Bertz CT molecular complexity index is 331. The predicted octanol–water partition coefficient (Wildman–Crippen LogP) is 2.78. The lowest BCUT2D eigenvalue weighted by Gasteiger charge is -2.27. The van der Waals surface area contributed by atoms with Crippen LogP contribution >= 0.6 is 0 Å². The van der Waals surface area contributed by atoms with Crippen molar-refractivity contribution < 1.29 is 4.39 Å². The van der Waals surface area contributed by atoms with Crippen LogP contribution in [0.1, 0.15) is 27.2 Å². The first-order valence-corrected chi connectivity index (χ1v) is 5.72. The van der Waals surface area contributed by atoms with Crippen LogP contribution < -0.4 is 10.6 Å².